The van der Waals surface area contributed by atoms with Gasteiger partial charge in [-0.2, -0.15) is 0 Å². The molecule has 1 N–H and O–H groups in total. The third-order valence-electron chi connectivity index (χ3n) is 4.76. The van der Waals surface area contributed by atoms with Crippen LogP contribution in [0.15, 0.2) is 35.1 Å². The summed E-state index contributed by atoms with van der Waals surface area (Å²) in [6, 6.07) is 9.50. The molecule has 1 saturated heterocycles. The maximum Gasteiger partial charge on any atom is 0.263 e. The molecule has 0 saturated carbocycles. The van der Waals surface area contributed by atoms with Crippen molar-refractivity contribution in [2.75, 3.05) is 13.1 Å². The Kier molecular flexibility index (Phi) is 3.68. The van der Waals surface area contributed by atoms with Gasteiger partial charge >= 0.3 is 0 Å². The van der Waals surface area contributed by atoms with E-state index in [2.05, 4.69) is 18.8 Å². The molecule has 0 aliphatic carbocycles. The molecule has 0 bridgehead atoms. The van der Waals surface area contributed by atoms with Crippen molar-refractivity contribution in [3.8, 4) is 0 Å². The molecule has 24 heavy (non-hydrogen) atoms. The van der Waals surface area contributed by atoms with Crippen molar-refractivity contribution in [2.45, 2.75) is 20.3 Å². The Labute approximate surface area is 144 Å². The number of aromatic nitrogens is 1. The van der Waals surface area contributed by atoms with Crippen molar-refractivity contribution in [2.24, 2.45) is 11.8 Å². The molecule has 2 atom stereocenters. The SMILES string of the molecule is C[C@@H]1C[C@H](C)CN(C(=O)c2cc3c(=O)[nH]c4ccccc4c3s2)C1. The van der Waals surface area contributed by atoms with E-state index >= 15 is 0 Å². The lowest BCUT2D eigenvalue weighted by molar-refractivity contribution is 0.0628. The number of piperidine rings is 1. The molecule has 3 aromatic rings. The van der Waals surface area contributed by atoms with Crippen LogP contribution in [0.1, 0.15) is 29.9 Å². The Hall–Kier alpha value is -2.14. The minimum Gasteiger partial charge on any atom is -0.337 e. The van der Waals surface area contributed by atoms with Gasteiger partial charge in [-0.3, -0.25) is 9.59 Å². The summed E-state index contributed by atoms with van der Waals surface area (Å²) in [5.74, 6) is 1.10. The maximum absolute atomic E-state index is 12.9. The number of hydrogen-bond donors (Lipinski definition) is 1. The molecule has 2 aromatic heterocycles. The van der Waals surface area contributed by atoms with Gasteiger partial charge in [0.2, 0.25) is 0 Å². The van der Waals surface area contributed by atoms with Gasteiger partial charge in [-0.15, -0.1) is 11.3 Å². The Morgan fingerprint density at radius 3 is 2.62 bits per heavy atom. The van der Waals surface area contributed by atoms with Crippen molar-refractivity contribution in [3.05, 3.63) is 45.6 Å². The number of amides is 1. The molecular weight excluding hydrogens is 320 g/mol. The number of benzene rings is 1. The predicted octanol–water partition coefficient (Wildman–Crippen LogP) is 3.86. The van der Waals surface area contributed by atoms with E-state index in [0.29, 0.717) is 22.1 Å². The highest BCUT2D eigenvalue weighted by Crippen LogP contribution is 2.31. The predicted molar refractivity (Wildman–Crippen MR) is 98.8 cm³/mol. The van der Waals surface area contributed by atoms with E-state index < -0.39 is 0 Å². The number of carbonyl (C=O) groups excluding carboxylic acids is 1. The van der Waals surface area contributed by atoms with Gasteiger partial charge in [0.05, 0.1) is 10.3 Å². The van der Waals surface area contributed by atoms with Gasteiger partial charge in [-0.05, 0) is 30.4 Å². The van der Waals surface area contributed by atoms with Gasteiger partial charge < -0.3 is 9.88 Å². The van der Waals surface area contributed by atoms with Gasteiger partial charge in [0.1, 0.15) is 0 Å². The number of fused-ring (bicyclic) bond motifs is 3. The number of aromatic amines is 1. The fourth-order valence-corrected chi connectivity index (χ4v) is 4.99. The number of nitrogens with one attached hydrogen (secondary N) is 1. The average molecular weight is 340 g/mol. The fourth-order valence-electron chi connectivity index (χ4n) is 3.83. The van der Waals surface area contributed by atoms with Crippen molar-refractivity contribution in [1.29, 1.82) is 0 Å². The minimum atomic E-state index is -0.126. The molecular formula is C19H20N2O2S. The van der Waals surface area contributed by atoms with Crippen LogP contribution < -0.4 is 5.56 Å². The van der Waals surface area contributed by atoms with Crippen LogP contribution in [0.3, 0.4) is 0 Å². The first-order valence-corrected chi connectivity index (χ1v) is 9.18. The molecule has 1 amide bonds. The summed E-state index contributed by atoms with van der Waals surface area (Å²) in [6.07, 6.45) is 1.17. The molecule has 0 spiro atoms. The monoisotopic (exact) mass is 340 g/mol. The average Bonchev–Trinajstić information content (AvgIpc) is 2.99. The number of para-hydroxylation sites is 1. The Bertz CT molecular complexity index is 978. The van der Waals surface area contributed by atoms with Gasteiger partial charge in [0.15, 0.2) is 0 Å². The summed E-state index contributed by atoms with van der Waals surface area (Å²) in [5.41, 5.74) is 0.690. The van der Waals surface area contributed by atoms with E-state index in [1.165, 1.54) is 17.8 Å². The molecule has 4 nitrogen and oxygen atoms in total. The van der Waals surface area contributed by atoms with Crippen LogP contribution in [-0.2, 0) is 0 Å². The lowest BCUT2D eigenvalue weighted by Gasteiger charge is -2.34. The van der Waals surface area contributed by atoms with E-state index in [9.17, 15) is 9.59 Å². The molecule has 1 fully saturated rings. The lowest BCUT2D eigenvalue weighted by Crippen LogP contribution is -2.42. The van der Waals surface area contributed by atoms with E-state index in [1.54, 1.807) is 6.07 Å². The van der Waals surface area contributed by atoms with E-state index in [-0.39, 0.29) is 11.5 Å². The number of nitrogens with zero attached hydrogens (tertiary/aromatic N) is 1. The third kappa shape index (κ3) is 2.53. The second-order valence-electron chi connectivity index (χ2n) is 7.01. The number of rotatable bonds is 1. The summed E-state index contributed by atoms with van der Waals surface area (Å²) in [5, 5.41) is 1.61. The first-order valence-electron chi connectivity index (χ1n) is 8.36. The van der Waals surface area contributed by atoms with Gasteiger partial charge in [0.25, 0.3) is 11.5 Å². The quantitative estimate of drug-likeness (QED) is 0.731. The summed E-state index contributed by atoms with van der Waals surface area (Å²) >= 11 is 1.43. The molecule has 4 rings (SSSR count). The van der Waals surface area contributed by atoms with E-state index in [0.717, 1.165) is 28.7 Å². The molecule has 3 heterocycles. The number of thiophene rings is 1. The van der Waals surface area contributed by atoms with Crippen LogP contribution >= 0.6 is 11.3 Å². The summed E-state index contributed by atoms with van der Waals surface area (Å²) in [4.78, 5) is 30.8. The summed E-state index contributed by atoms with van der Waals surface area (Å²) < 4.78 is 0.899. The zero-order valence-electron chi connectivity index (χ0n) is 13.8. The standard InChI is InChI=1S/C19H20N2O2S/c1-11-7-12(2)10-21(9-11)19(23)16-8-14-17(24-16)13-5-3-4-6-15(13)20-18(14)22/h3-6,8,11-12H,7,9-10H2,1-2H3,(H,20,22)/t11-,12+. The number of H-pyrrole nitrogens is 1. The molecule has 0 unspecified atom stereocenters. The Morgan fingerprint density at radius 1 is 1.17 bits per heavy atom. The first-order chi connectivity index (χ1) is 11.5. The van der Waals surface area contributed by atoms with Crippen LogP contribution in [0, 0.1) is 11.8 Å². The maximum atomic E-state index is 12.9. The highest BCUT2D eigenvalue weighted by molar-refractivity contribution is 7.21. The highest BCUT2D eigenvalue weighted by Gasteiger charge is 2.27. The first kappa shape index (κ1) is 15.4. The normalized spacial score (nSPS) is 21.5. The van der Waals surface area contributed by atoms with Crippen molar-refractivity contribution in [3.63, 3.8) is 0 Å². The lowest BCUT2D eigenvalue weighted by atomic mass is 9.92. The number of pyridine rings is 1. The van der Waals surface area contributed by atoms with Crippen LogP contribution in [0.2, 0.25) is 0 Å². The third-order valence-corrected chi connectivity index (χ3v) is 5.92. The molecule has 1 aliphatic rings. The van der Waals surface area contributed by atoms with Crippen LogP contribution in [0.25, 0.3) is 21.0 Å². The van der Waals surface area contributed by atoms with Crippen molar-refractivity contribution >= 4 is 38.2 Å². The van der Waals surface area contributed by atoms with E-state index in [1.807, 2.05) is 29.2 Å². The van der Waals surface area contributed by atoms with Gasteiger partial charge in [-0.1, -0.05) is 32.0 Å². The Balaban J connectivity index is 1.80. The van der Waals surface area contributed by atoms with Crippen LogP contribution in [0.5, 0.6) is 0 Å². The second kappa shape index (κ2) is 5.74. The molecule has 0 radical (unpaired) electrons. The zero-order valence-corrected chi connectivity index (χ0v) is 14.7. The summed E-state index contributed by atoms with van der Waals surface area (Å²) in [7, 11) is 0. The fraction of sp³-hybridized carbons (Fsp3) is 0.368. The smallest absolute Gasteiger partial charge is 0.263 e. The second-order valence-corrected chi connectivity index (χ2v) is 8.06. The van der Waals surface area contributed by atoms with Gasteiger partial charge in [-0.25, -0.2) is 0 Å². The largest absolute Gasteiger partial charge is 0.337 e. The summed E-state index contributed by atoms with van der Waals surface area (Å²) in [6.45, 7) is 5.99. The van der Waals surface area contributed by atoms with Crippen molar-refractivity contribution < 1.29 is 4.79 Å². The zero-order chi connectivity index (χ0) is 16.8. The molecule has 1 aromatic carbocycles. The van der Waals surface area contributed by atoms with E-state index in [4.69, 9.17) is 0 Å². The van der Waals surface area contributed by atoms with Crippen molar-refractivity contribution in [1.82, 2.24) is 9.88 Å². The molecule has 5 heteroatoms. The number of carbonyl (C=O) groups is 1. The highest BCUT2D eigenvalue weighted by atomic mass is 32.1. The van der Waals surface area contributed by atoms with Crippen LogP contribution in [0.4, 0.5) is 0 Å². The minimum absolute atomic E-state index is 0.0538. The van der Waals surface area contributed by atoms with Crippen LogP contribution in [-0.4, -0.2) is 28.9 Å². The Morgan fingerprint density at radius 2 is 1.88 bits per heavy atom. The molecule has 1 aliphatic heterocycles. The van der Waals surface area contributed by atoms with Gasteiger partial charge in [0, 0.05) is 28.7 Å². The topological polar surface area (TPSA) is 53.2 Å². The number of hydrogen-bond acceptors (Lipinski definition) is 3. The number of likely N-dealkylation sites (tertiary alicyclic amines) is 1. The molecule has 124 valence electrons.